The third-order valence-electron chi connectivity index (χ3n) is 3.63. The predicted octanol–water partition coefficient (Wildman–Crippen LogP) is 3.28. The second-order valence-electron chi connectivity index (χ2n) is 4.98. The molecule has 19 heavy (non-hydrogen) atoms. The minimum Gasteiger partial charge on any atom is -0.508 e. The number of phenols is 1. The van der Waals surface area contributed by atoms with Crippen LogP contribution in [0.4, 0.5) is 11.4 Å². The Bertz CT molecular complexity index is 608. The lowest BCUT2D eigenvalue weighted by molar-refractivity contribution is 0.471. The Labute approximate surface area is 113 Å². The summed E-state index contributed by atoms with van der Waals surface area (Å²) in [6.45, 7) is 3.68. The largest absolute Gasteiger partial charge is 0.508 e. The van der Waals surface area contributed by atoms with Crippen molar-refractivity contribution in [2.24, 2.45) is 0 Å². The van der Waals surface area contributed by atoms with Crippen molar-refractivity contribution >= 4 is 11.4 Å². The highest BCUT2D eigenvalue weighted by Crippen LogP contribution is 2.27. The molecular formula is C16H18N2O. The van der Waals surface area contributed by atoms with Crippen molar-refractivity contribution in [2.45, 2.75) is 19.9 Å². The highest BCUT2D eigenvalue weighted by molar-refractivity contribution is 5.62. The molecule has 0 bridgehead atoms. The average molecular weight is 254 g/mol. The lowest BCUT2D eigenvalue weighted by Gasteiger charge is -2.11. The number of hydrogen-bond donors (Lipinski definition) is 3. The molecule has 1 heterocycles. The molecule has 0 unspecified atom stereocenters. The number of nitrogens with one attached hydrogen (secondary N) is 2. The van der Waals surface area contributed by atoms with Crippen LogP contribution < -0.4 is 10.6 Å². The van der Waals surface area contributed by atoms with Crippen molar-refractivity contribution in [2.75, 3.05) is 17.2 Å². The van der Waals surface area contributed by atoms with Crippen LogP contribution in [0.3, 0.4) is 0 Å². The summed E-state index contributed by atoms with van der Waals surface area (Å²) in [5.74, 6) is 0.335. The van der Waals surface area contributed by atoms with Gasteiger partial charge in [-0.25, -0.2) is 0 Å². The summed E-state index contributed by atoms with van der Waals surface area (Å²) >= 11 is 0. The van der Waals surface area contributed by atoms with Crippen LogP contribution in [0.15, 0.2) is 36.4 Å². The number of fused-ring (bicyclic) bond motifs is 1. The average Bonchev–Trinajstić information content (AvgIpc) is 2.89. The van der Waals surface area contributed by atoms with Gasteiger partial charge >= 0.3 is 0 Å². The fraction of sp³-hybridized carbons (Fsp3) is 0.250. The van der Waals surface area contributed by atoms with E-state index in [0.717, 1.165) is 30.8 Å². The van der Waals surface area contributed by atoms with Crippen molar-refractivity contribution < 1.29 is 5.11 Å². The molecule has 3 heteroatoms. The van der Waals surface area contributed by atoms with E-state index in [4.69, 9.17) is 0 Å². The van der Waals surface area contributed by atoms with Gasteiger partial charge in [-0.05, 0) is 36.1 Å². The minimum absolute atomic E-state index is 0.335. The number of aromatic hydroxyl groups is 1. The Balaban J connectivity index is 1.76. The Morgan fingerprint density at radius 2 is 2.16 bits per heavy atom. The Kier molecular flexibility index (Phi) is 3.03. The first-order valence-electron chi connectivity index (χ1n) is 6.62. The number of hydrogen-bond acceptors (Lipinski definition) is 3. The molecule has 0 spiro atoms. The summed E-state index contributed by atoms with van der Waals surface area (Å²) < 4.78 is 0. The zero-order chi connectivity index (χ0) is 13.2. The highest BCUT2D eigenvalue weighted by atomic mass is 16.3. The highest BCUT2D eigenvalue weighted by Gasteiger charge is 2.13. The van der Waals surface area contributed by atoms with E-state index >= 15 is 0 Å². The van der Waals surface area contributed by atoms with Gasteiger partial charge in [0.1, 0.15) is 5.75 Å². The maximum Gasteiger partial charge on any atom is 0.120 e. The topological polar surface area (TPSA) is 44.3 Å². The first-order valence-corrected chi connectivity index (χ1v) is 6.62. The van der Waals surface area contributed by atoms with E-state index in [1.807, 2.05) is 19.1 Å². The van der Waals surface area contributed by atoms with Crippen LogP contribution in [0.1, 0.15) is 16.7 Å². The van der Waals surface area contributed by atoms with E-state index in [-0.39, 0.29) is 0 Å². The second-order valence-corrected chi connectivity index (χ2v) is 4.98. The van der Waals surface area contributed by atoms with Gasteiger partial charge in [-0.15, -0.1) is 0 Å². The summed E-state index contributed by atoms with van der Waals surface area (Å²) in [7, 11) is 0. The summed E-state index contributed by atoms with van der Waals surface area (Å²) in [6.07, 6.45) is 1.11. The van der Waals surface area contributed by atoms with Crippen molar-refractivity contribution in [1.29, 1.82) is 0 Å². The van der Waals surface area contributed by atoms with Crippen molar-refractivity contribution in [3.63, 3.8) is 0 Å². The van der Waals surface area contributed by atoms with Gasteiger partial charge in [-0.3, -0.25) is 0 Å². The minimum atomic E-state index is 0.335. The van der Waals surface area contributed by atoms with Gasteiger partial charge in [0.15, 0.2) is 0 Å². The number of anilines is 2. The molecule has 98 valence electrons. The van der Waals surface area contributed by atoms with Gasteiger partial charge in [0.2, 0.25) is 0 Å². The Hall–Kier alpha value is -2.16. The van der Waals surface area contributed by atoms with Crippen LogP contribution in [0, 0.1) is 6.92 Å². The molecule has 0 aromatic heterocycles. The Morgan fingerprint density at radius 1 is 1.26 bits per heavy atom. The summed E-state index contributed by atoms with van der Waals surface area (Å²) in [5.41, 5.74) is 5.78. The first-order chi connectivity index (χ1) is 9.24. The van der Waals surface area contributed by atoms with Gasteiger partial charge in [-0.1, -0.05) is 24.3 Å². The van der Waals surface area contributed by atoms with Crippen LogP contribution in [-0.2, 0) is 13.0 Å². The number of para-hydroxylation sites is 1. The van der Waals surface area contributed by atoms with Crippen LogP contribution in [0.25, 0.3) is 0 Å². The molecule has 1 aliphatic heterocycles. The quantitative estimate of drug-likeness (QED) is 0.787. The van der Waals surface area contributed by atoms with Crippen LogP contribution >= 0.6 is 0 Å². The van der Waals surface area contributed by atoms with E-state index in [2.05, 4.69) is 28.8 Å². The molecule has 0 saturated carbocycles. The standard InChI is InChI=1S/C16H18N2O/c1-11-5-6-14(9-15(11)19)18-10-13-4-2-3-12-7-8-17-16(12)13/h2-6,9,17-19H,7-8,10H2,1H3. The van der Waals surface area contributed by atoms with E-state index in [1.54, 1.807) is 6.07 Å². The molecule has 3 rings (SSSR count). The molecule has 2 aromatic carbocycles. The molecule has 0 amide bonds. The summed E-state index contributed by atoms with van der Waals surface area (Å²) in [4.78, 5) is 0. The molecule has 0 radical (unpaired) electrons. The van der Waals surface area contributed by atoms with Crippen molar-refractivity contribution in [3.05, 3.63) is 53.1 Å². The fourth-order valence-corrected chi connectivity index (χ4v) is 2.47. The normalized spacial score (nSPS) is 12.9. The molecule has 3 nitrogen and oxygen atoms in total. The van der Waals surface area contributed by atoms with Crippen molar-refractivity contribution in [3.8, 4) is 5.75 Å². The van der Waals surface area contributed by atoms with Gasteiger partial charge in [0, 0.05) is 30.5 Å². The zero-order valence-electron chi connectivity index (χ0n) is 11.0. The monoisotopic (exact) mass is 254 g/mol. The maximum atomic E-state index is 9.70. The molecular weight excluding hydrogens is 236 g/mol. The number of aryl methyl sites for hydroxylation is 1. The van der Waals surface area contributed by atoms with Gasteiger partial charge < -0.3 is 15.7 Å². The number of rotatable bonds is 3. The molecule has 0 atom stereocenters. The smallest absolute Gasteiger partial charge is 0.120 e. The van der Waals surface area contributed by atoms with E-state index in [9.17, 15) is 5.11 Å². The lowest BCUT2D eigenvalue weighted by atomic mass is 10.1. The molecule has 1 aliphatic rings. The van der Waals surface area contributed by atoms with Crippen molar-refractivity contribution in [1.82, 2.24) is 0 Å². The fourth-order valence-electron chi connectivity index (χ4n) is 2.47. The van der Waals surface area contributed by atoms with E-state index in [1.165, 1.54) is 16.8 Å². The summed E-state index contributed by atoms with van der Waals surface area (Å²) in [6, 6.07) is 12.1. The van der Waals surface area contributed by atoms with E-state index in [0.29, 0.717) is 5.75 Å². The zero-order valence-corrected chi connectivity index (χ0v) is 11.0. The number of benzene rings is 2. The summed E-state index contributed by atoms with van der Waals surface area (Å²) in [5, 5.41) is 16.5. The predicted molar refractivity (Wildman–Crippen MR) is 78.8 cm³/mol. The third kappa shape index (κ3) is 2.36. The third-order valence-corrected chi connectivity index (χ3v) is 3.63. The SMILES string of the molecule is Cc1ccc(NCc2cccc3c2NCC3)cc1O. The lowest BCUT2D eigenvalue weighted by Crippen LogP contribution is -2.03. The van der Waals surface area contributed by atoms with Gasteiger partial charge in [-0.2, -0.15) is 0 Å². The Morgan fingerprint density at radius 3 is 3.00 bits per heavy atom. The molecule has 0 fully saturated rings. The maximum absolute atomic E-state index is 9.70. The number of phenolic OH excluding ortho intramolecular Hbond substituents is 1. The van der Waals surface area contributed by atoms with Gasteiger partial charge in [0.25, 0.3) is 0 Å². The van der Waals surface area contributed by atoms with Gasteiger partial charge in [0.05, 0.1) is 0 Å². The first kappa shape index (κ1) is 11.9. The molecule has 0 saturated heterocycles. The van der Waals surface area contributed by atoms with E-state index < -0.39 is 0 Å². The van der Waals surface area contributed by atoms with Crippen LogP contribution in [-0.4, -0.2) is 11.7 Å². The molecule has 3 N–H and O–H groups in total. The molecule has 0 aliphatic carbocycles. The second kappa shape index (κ2) is 4.84. The van der Waals surface area contributed by atoms with Crippen LogP contribution in [0.5, 0.6) is 5.75 Å². The molecule has 2 aromatic rings. The van der Waals surface area contributed by atoms with Crippen LogP contribution in [0.2, 0.25) is 0 Å².